The zero-order valence-corrected chi connectivity index (χ0v) is 8.73. The highest BCUT2D eigenvalue weighted by Crippen LogP contribution is 2.00. The van der Waals surface area contributed by atoms with Crippen LogP contribution < -0.4 is 0 Å². The van der Waals surface area contributed by atoms with Crippen LogP contribution in [-0.2, 0) is 11.2 Å². The van der Waals surface area contributed by atoms with Gasteiger partial charge in [0.05, 0.1) is 0 Å². The maximum atomic E-state index is 11.1. The number of aromatic nitrogens is 1. The van der Waals surface area contributed by atoms with Gasteiger partial charge in [-0.2, -0.15) is 0 Å². The minimum Gasteiger partial charge on any atom is -0.343 e. The van der Waals surface area contributed by atoms with Crippen molar-refractivity contribution >= 4 is 5.91 Å². The third kappa shape index (κ3) is 3.17. The van der Waals surface area contributed by atoms with Gasteiger partial charge in [0.25, 0.3) is 0 Å². The first-order valence-corrected chi connectivity index (χ1v) is 4.88. The van der Waals surface area contributed by atoms with E-state index in [1.807, 2.05) is 24.0 Å². The second kappa shape index (κ2) is 5.37. The predicted molar refractivity (Wildman–Crippen MR) is 55.9 cm³/mol. The Morgan fingerprint density at radius 3 is 2.57 bits per heavy atom. The molecule has 0 radical (unpaired) electrons. The molecule has 1 aromatic rings. The second-order valence-electron chi connectivity index (χ2n) is 3.20. The molecule has 0 saturated carbocycles. The number of likely N-dealkylation sites (N-methyl/N-ethyl adjacent to an activating group) is 1. The molecular weight excluding hydrogens is 176 g/mol. The fourth-order valence-corrected chi connectivity index (χ4v) is 1.35. The van der Waals surface area contributed by atoms with E-state index in [1.165, 1.54) is 5.56 Å². The summed E-state index contributed by atoms with van der Waals surface area (Å²) in [5, 5.41) is 0. The molecule has 0 unspecified atom stereocenters. The van der Waals surface area contributed by atoms with Gasteiger partial charge in [-0.15, -0.1) is 0 Å². The number of pyridine rings is 1. The Morgan fingerprint density at radius 1 is 1.43 bits per heavy atom. The second-order valence-corrected chi connectivity index (χ2v) is 3.20. The van der Waals surface area contributed by atoms with E-state index >= 15 is 0 Å². The number of amides is 1. The van der Waals surface area contributed by atoms with E-state index in [0.29, 0.717) is 0 Å². The van der Waals surface area contributed by atoms with Gasteiger partial charge in [0.1, 0.15) is 0 Å². The van der Waals surface area contributed by atoms with Crippen LogP contribution in [0.15, 0.2) is 24.5 Å². The van der Waals surface area contributed by atoms with Crippen LogP contribution in [-0.4, -0.2) is 28.9 Å². The van der Waals surface area contributed by atoms with Crippen molar-refractivity contribution in [1.29, 1.82) is 0 Å². The van der Waals surface area contributed by atoms with Crippen molar-refractivity contribution in [3.05, 3.63) is 30.1 Å². The molecule has 1 aromatic heterocycles. The average Bonchev–Trinajstić information content (AvgIpc) is 2.20. The lowest BCUT2D eigenvalue weighted by molar-refractivity contribution is -0.128. The van der Waals surface area contributed by atoms with Gasteiger partial charge in [0.15, 0.2) is 0 Å². The smallest absolute Gasteiger partial charge is 0.219 e. The number of nitrogens with zero attached hydrogens (tertiary/aromatic N) is 2. The molecule has 0 N–H and O–H groups in total. The Hall–Kier alpha value is -1.38. The molecule has 0 aromatic carbocycles. The van der Waals surface area contributed by atoms with Gasteiger partial charge in [-0.1, -0.05) is 0 Å². The van der Waals surface area contributed by atoms with E-state index in [1.54, 1.807) is 19.3 Å². The summed E-state index contributed by atoms with van der Waals surface area (Å²) in [5.41, 5.74) is 1.22. The molecule has 0 bridgehead atoms. The molecular formula is C11H16N2O. The molecule has 1 amide bonds. The lowest BCUT2D eigenvalue weighted by Gasteiger charge is -2.18. The minimum absolute atomic E-state index is 0.140. The molecule has 76 valence electrons. The highest BCUT2D eigenvalue weighted by Gasteiger charge is 2.04. The monoisotopic (exact) mass is 192 g/mol. The number of carbonyl (C=O) groups excluding carboxylic acids is 1. The number of hydrogen-bond acceptors (Lipinski definition) is 2. The standard InChI is InChI=1S/C11H16N2O/c1-3-13(10(2)14)9-6-11-4-7-12-8-5-11/h4-5,7-8H,3,6,9H2,1-2H3. The molecule has 0 aliphatic carbocycles. The first-order chi connectivity index (χ1) is 6.74. The van der Waals surface area contributed by atoms with Crippen molar-refractivity contribution in [3.8, 4) is 0 Å². The van der Waals surface area contributed by atoms with Gasteiger partial charge in [0, 0.05) is 32.4 Å². The maximum Gasteiger partial charge on any atom is 0.219 e. The van der Waals surface area contributed by atoms with Crippen molar-refractivity contribution in [2.75, 3.05) is 13.1 Å². The average molecular weight is 192 g/mol. The minimum atomic E-state index is 0.140. The Balaban J connectivity index is 2.44. The SMILES string of the molecule is CCN(CCc1ccncc1)C(C)=O. The Kier molecular flexibility index (Phi) is 4.11. The third-order valence-corrected chi connectivity index (χ3v) is 2.25. The molecule has 0 saturated heterocycles. The number of rotatable bonds is 4. The first-order valence-electron chi connectivity index (χ1n) is 4.88. The topological polar surface area (TPSA) is 33.2 Å². The molecule has 0 aliphatic heterocycles. The van der Waals surface area contributed by atoms with Crippen LogP contribution in [0.4, 0.5) is 0 Å². The van der Waals surface area contributed by atoms with Gasteiger partial charge < -0.3 is 4.90 Å². The highest BCUT2D eigenvalue weighted by molar-refractivity contribution is 5.73. The summed E-state index contributed by atoms with van der Waals surface area (Å²) >= 11 is 0. The van der Waals surface area contributed by atoms with Gasteiger partial charge in [-0.25, -0.2) is 0 Å². The van der Waals surface area contributed by atoms with Crippen molar-refractivity contribution < 1.29 is 4.79 Å². The van der Waals surface area contributed by atoms with Gasteiger partial charge in [0.2, 0.25) is 5.91 Å². The zero-order valence-electron chi connectivity index (χ0n) is 8.73. The lowest BCUT2D eigenvalue weighted by atomic mass is 10.2. The van der Waals surface area contributed by atoms with E-state index in [0.717, 1.165) is 19.5 Å². The number of hydrogen-bond donors (Lipinski definition) is 0. The molecule has 0 atom stereocenters. The summed E-state index contributed by atoms with van der Waals surface area (Å²) in [7, 11) is 0. The molecule has 1 heterocycles. The molecule has 0 spiro atoms. The summed E-state index contributed by atoms with van der Waals surface area (Å²) in [6, 6.07) is 3.96. The van der Waals surface area contributed by atoms with E-state index in [2.05, 4.69) is 4.98 Å². The Labute approximate surface area is 84.8 Å². The van der Waals surface area contributed by atoms with Crippen LogP contribution in [0.1, 0.15) is 19.4 Å². The van der Waals surface area contributed by atoms with Crippen molar-refractivity contribution in [3.63, 3.8) is 0 Å². The zero-order chi connectivity index (χ0) is 10.4. The normalized spacial score (nSPS) is 9.86. The van der Waals surface area contributed by atoms with E-state index in [4.69, 9.17) is 0 Å². The van der Waals surface area contributed by atoms with Gasteiger partial charge in [-0.05, 0) is 31.0 Å². The summed E-state index contributed by atoms with van der Waals surface area (Å²) in [6.45, 7) is 5.17. The summed E-state index contributed by atoms with van der Waals surface area (Å²) < 4.78 is 0. The fourth-order valence-electron chi connectivity index (χ4n) is 1.35. The first kappa shape index (κ1) is 10.7. The molecule has 3 nitrogen and oxygen atoms in total. The third-order valence-electron chi connectivity index (χ3n) is 2.25. The predicted octanol–water partition coefficient (Wildman–Crippen LogP) is 1.49. The van der Waals surface area contributed by atoms with Crippen LogP contribution in [0.25, 0.3) is 0 Å². The fraction of sp³-hybridized carbons (Fsp3) is 0.455. The lowest BCUT2D eigenvalue weighted by Crippen LogP contribution is -2.30. The summed E-state index contributed by atoms with van der Waals surface area (Å²) in [4.78, 5) is 16.9. The van der Waals surface area contributed by atoms with Crippen molar-refractivity contribution in [2.45, 2.75) is 20.3 Å². The Morgan fingerprint density at radius 2 is 2.07 bits per heavy atom. The number of carbonyl (C=O) groups is 1. The quantitative estimate of drug-likeness (QED) is 0.724. The van der Waals surface area contributed by atoms with Gasteiger partial charge in [-0.3, -0.25) is 9.78 Å². The highest BCUT2D eigenvalue weighted by atomic mass is 16.2. The van der Waals surface area contributed by atoms with Crippen LogP contribution >= 0.6 is 0 Å². The van der Waals surface area contributed by atoms with Crippen LogP contribution in [0.5, 0.6) is 0 Å². The van der Waals surface area contributed by atoms with Crippen LogP contribution in [0.3, 0.4) is 0 Å². The van der Waals surface area contributed by atoms with E-state index in [9.17, 15) is 4.79 Å². The van der Waals surface area contributed by atoms with Gasteiger partial charge >= 0.3 is 0 Å². The summed E-state index contributed by atoms with van der Waals surface area (Å²) in [5.74, 6) is 0.140. The van der Waals surface area contributed by atoms with Crippen molar-refractivity contribution in [2.24, 2.45) is 0 Å². The molecule has 0 aliphatic rings. The van der Waals surface area contributed by atoms with Crippen molar-refractivity contribution in [1.82, 2.24) is 9.88 Å². The van der Waals surface area contributed by atoms with E-state index in [-0.39, 0.29) is 5.91 Å². The molecule has 1 rings (SSSR count). The molecule has 3 heteroatoms. The molecule has 0 fully saturated rings. The molecule has 14 heavy (non-hydrogen) atoms. The maximum absolute atomic E-state index is 11.1. The van der Waals surface area contributed by atoms with Crippen LogP contribution in [0, 0.1) is 0 Å². The summed E-state index contributed by atoms with van der Waals surface area (Å²) in [6.07, 6.45) is 4.45. The van der Waals surface area contributed by atoms with E-state index < -0.39 is 0 Å². The Bertz CT molecular complexity index is 285. The largest absolute Gasteiger partial charge is 0.343 e. The van der Waals surface area contributed by atoms with Crippen LogP contribution in [0.2, 0.25) is 0 Å².